The second-order valence-electron chi connectivity index (χ2n) is 12.8. The molecule has 1 atom stereocenters. The van der Waals surface area contributed by atoms with Crippen LogP contribution in [0.2, 0.25) is 0 Å². The van der Waals surface area contributed by atoms with Gasteiger partial charge in [0.05, 0.1) is 6.61 Å². The molecule has 5 heteroatoms. The van der Waals surface area contributed by atoms with E-state index in [-0.39, 0.29) is 5.97 Å². The molecular weight excluding hydrogens is 586 g/mol. The Labute approximate surface area is 271 Å². The van der Waals surface area contributed by atoms with E-state index in [0.717, 1.165) is 50.5 Å². The van der Waals surface area contributed by atoms with Crippen molar-refractivity contribution in [3.8, 4) is 0 Å². The van der Waals surface area contributed by atoms with Gasteiger partial charge in [0.25, 0.3) is 0 Å². The third kappa shape index (κ3) is 28.2. The summed E-state index contributed by atoms with van der Waals surface area (Å²) in [6.45, 7) is 9.09. The Bertz CT molecular complexity index is 585. The summed E-state index contributed by atoms with van der Waals surface area (Å²) < 4.78 is 5.78. The van der Waals surface area contributed by atoms with Crippen LogP contribution in [-0.4, -0.2) is 41.8 Å². The third-order valence-corrected chi connectivity index (χ3v) is 9.19. The van der Waals surface area contributed by atoms with Crippen LogP contribution < -0.4 is 0 Å². The van der Waals surface area contributed by atoms with Gasteiger partial charge in [-0.05, 0) is 50.9 Å². The lowest BCUT2D eigenvalue weighted by atomic mass is 9.95. The molecule has 0 saturated heterocycles. The molecule has 1 amide bonds. The number of hydrogen-bond donors (Lipinski definition) is 0. The third-order valence-electron chi connectivity index (χ3n) is 8.63. The Morgan fingerprint density at radius 2 is 0.976 bits per heavy atom. The maximum Gasteiger partial charge on any atom is 0.305 e. The molecule has 0 bridgehead atoms. The van der Waals surface area contributed by atoms with E-state index < -0.39 is 0 Å². The van der Waals surface area contributed by atoms with Crippen molar-refractivity contribution in [1.82, 2.24) is 4.90 Å². The highest BCUT2D eigenvalue weighted by Crippen LogP contribution is 2.20. The van der Waals surface area contributed by atoms with Gasteiger partial charge in [-0.15, -0.1) is 0 Å². The molecule has 0 rings (SSSR count). The minimum atomic E-state index is -0.0277. The van der Waals surface area contributed by atoms with E-state index in [1.54, 1.807) is 0 Å². The van der Waals surface area contributed by atoms with Gasteiger partial charge in [0.15, 0.2) is 0 Å². The fraction of sp³-hybridized carbons (Fsp3) is 0.946. The van der Waals surface area contributed by atoms with Gasteiger partial charge in [-0.2, -0.15) is 0 Å². The molecular formula is C37H72BrNO3. The van der Waals surface area contributed by atoms with Crippen LogP contribution in [-0.2, 0) is 14.3 Å². The summed E-state index contributed by atoms with van der Waals surface area (Å²) in [7, 11) is 0. The zero-order chi connectivity index (χ0) is 30.9. The van der Waals surface area contributed by atoms with E-state index in [0.29, 0.717) is 31.3 Å². The summed E-state index contributed by atoms with van der Waals surface area (Å²) in [4.78, 5) is 27.6. The number of esters is 1. The molecule has 1 unspecified atom stereocenters. The lowest BCUT2D eigenvalue weighted by Crippen LogP contribution is -2.32. The number of carbonyl (C=O) groups is 2. The van der Waals surface area contributed by atoms with Gasteiger partial charge >= 0.3 is 5.97 Å². The Kier molecular flexibility index (Phi) is 32.9. The molecule has 0 aromatic heterocycles. The molecule has 0 aliphatic rings. The van der Waals surface area contributed by atoms with E-state index in [9.17, 15) is 9.59 Å². The number of halogens is 1. The van der Waals surface area contributed by atoms with E-state index in [4.69, 9.17) is 4.74 Å². The molecule has 0 heterocycles. The van der Waals surface area contributed by atoms with Crippen molar-refractivity contribution < 1.29 is 14.3 Å². The zero-order valence-electron chi connectivity index (χ0n) is 28.5. The molecule has 0 fully saturated rings. The first kappa shape index (κ1) is 41.4. The number of rotatable bonds is 33. The summed E-state index contributed by atoms with van der Waals surface area (Å²) >= 11 is 3.50. The van der Waals surface area contributed by atoms with Gasteiger partial charge in [0.2, 0.25) is 5.91 Å². The minimum absolute atomic E-state index is 0.0277. The number of hydrogen-bond acceptors (Lipinski definition) is 3. The predicted octanol–water partition coefficient (Wildman–Crippen LogP) is 12.0. The first-order valence-corrected chi connectivity index (χ1v) is 19.7. The largest absolute Gasteiger partial charge is 0.465 e. The van der Waals surface area contributed by atoms with Crippen molar-refractivity contribution in [3.63, 3.8) is 0 Å². The highest BCUT2D eigenvalue weighted by atomic mass is 79.9. The molecule has 0 N–H and O–H groups in total. The van der Waals surface area contributed by atoms with Crippen LogP contribution in [0.3, 0.4) is 0 Å². The standard InChI is InChI=1S/C37H72BrNO3/c1-4-7-10-13-16-21-28-35(27-20-11-8-5-2)34-42-37(41)30-23-19-26-33-39(32-25-12-9-6-3)36(40)29-22-17-14-15-18-24-31-38/h35H,4-34H2,1-3H3. The Hall–Kier alpha value is -0.580. The minimum Gasteiger partial charge on any atom is -0.465 e. The van der Waals surface area contributed by atoms with Crippen molar-refractivity contribution in [1.29, 1.82) is 0 Å². The summed E-state index contributed by atoms with van der Waals surface area (Å²) in [5.41, 5.74) is 0. The van der Waals surface area contributed by atoms with Crippen LogP contribution in [0, 0.1) is 5.92 Å². The molecule has 0 aliphatic carbocycles. The van der Waals surface area contributed by atoms with Crippen LogP contribution >= 0.6 is 15.9 Å². The molecule has 4 nitrogen and oxygen atoms in total. The molecule has 0 spiro atoms. The first-order valence-electron chi connectivity index (χ1n) is 18.6. The van der Waals surface area contributed by atoms with Crippen molar-refractivity contribution in [3.05, 3.63) is 0 Å². The van der Waals surface area contributed by atoms with E-state index >= 15 is 0 Å². The fourth-order valence-corrected chi connectivity index (χ4v) is 6.14. The maximum atomic E-state index is 13.0. The number of unbranched alkanes of at least 4 members (excludes halogenated alkanes) is 18. The molecule has 0 aromatic rings. The quantitative estimate of drug-likeness (QED) is 0.0400. The normalized spacial score (nSPS) is 12.0. The molecule has 42 heavy (non-hydrogen) atoms. The van der Waals surface area contributed by atoms with Crippen molar-refractivity contribution >= 4 is 27.8 Å². The SMILES string of the molecule is CCCCCCCCC(CCCCCC)COC(=O)CCCCCN(CCCCCC)C(=O)CCCCCCCCBr. The molecule has 250 valence electrons. The van der Waals surface area contributed by atoms with Crippen LogP contribution in [0.1, 0.15) is 194 Å². The second-order valence-corrected chi connectivity index (χ2v) is 13.6. The molecule has 0 saturated carbocycles. The second kappa shape index (κ2) is 33.3. The topological polar surface area (TPSA) is 46.6 Å². The van der Waals surface area contributed by atoms with E-state index in [1.807, 2.05) is 0 Å². The van der Waals surface area contributed by atoms with Gasteiger partial charge in [-0.3, -0.25) is 9.59 Å². The average molecular weight is 659 g/mol. The van der Waals surface area contributed by atoms with Crippen LogP contribution in [0.5, 0.6) is 0 Å². The lowest BCUT2D eigenvalue weighted by Gasteiger charge is -2.23. The van der Waals surface area contributed by atoms with Crippen molar-refractivity contribution in [2.24, 2.45) is 5.92 Å². The Balaban J connectivity index is 4.32. The lowest BCUT2D eigenvalue weighted by molar-refractivity contribution is -0.145. The molecule has 0 aliphatic heterocycles. The number of ether oxygens (including phenoxy) is 1. The molecule has 0 radical (unpaired) electrons. The van der Waals surface area contributed by atoms with Crippen LogP contribution in [0.4, 0.5) is 0 Å². The summed E-state index contributed by atoms with van der Waals surface area (Å²) in [5.74, 6) is 0.834. The summed E-state index contributed by atoms with van der Waals surface area (Å²) in [6.07, 6.45) is 31.5. The Morgan fingerprint density at radius 1 is 0.548 bits per heavy atom. The maximum absolute atomic E-state index is 13.0. The van der Waals surface area contributed by atoms with Gasteiger partial charge in [0, 0.05) is 31.3 Å². The average Bonchev–Trinajstić information content (AvgIpc) is 2.99. The predicted molar refractivity (Wildman–Crippen MR) is 187 cm³/mol. The van der Waals surface area contributed by atoms with Crippen LogP contribution in [0.15, 0.2) is 0 Å². The first-order chi connectivity index (χ1) is 20.6. The van der Waals surface area contributed by atoms with Crippen molar-refractivity contribution in [2.45, 2.75) is 194 Å². The fourth-order valence-electron chi connectivity index (χ4n) is 5.74. The van der Waals surface area contributed by atoms with Gasteiger partial charge < -0.3 is 9.64 Å². The number of amides is 1. The number of nitrogens with zero attached hydrogens (tertiary/aromatic N) is 1. The number of alkyl halides is 1. The highest BCUT2D eigenvalue weighted by Gasteiger charge is 2.14. The van der Waals surface area contributed by atoms with Gasteiger partial charge in [-0.25, -0.2) is 0 Å². The summed E-state index contributed by atoms with van der Waals surface area (Å²) in [5, 5.41) is 1.10. The molecule has 0 aromatic carbocycles. The van der Waals surface area contributed by atoms with Gasteiger partial charge in [0.1, 0.15) is 0 Å². The smallest absolute Gasteiger partial charge is 0.305 e. The summed E-state index contributed by atoms with van der Waals surface area (Å²) in [6, 6.07) is 0. The Morgan fingerprint density at radius 3 is 1.55 bits per heavy atom. The van der Waals surface area contributed by atoms with E-state index in [2.05, 4.69) is 41.6 Å². The van der Waals surface area contributed by atoms with Crippen LogP contribution in [0.25, 0.3) is 0 Å². The monoisotopic (exact) mass is 657 g/mol. The van der Waals surface area contributed by atoms with Crippen molar-refractivity contribution in [2.75, 3.05) is 25.0 Å². The van der Waals surface area contributed by atoms with Gasteiger partial charge in [-0.1, -0.05) is 152 Å². The zero-order valence-corrected chi connectivity index (χ0v) is 30.1. The van der Waals surface area contributed by atoms with E-state index in [1.165, 1.54) is 128 Å². The number of carbonyl (C=O) groups excluding carboxylic acids is 2. The highest BCUT2D eigenvalue weighted by molar-refractivity contribution is 9.09.